The van der Waals surface area contributed by atoms with Gasteiger partial charge in [-0.15, -0.1) is 0 Å². The average Bonchev–Trinajstić information content (AvgIpc) is 3.51. The number of rotatable bonds is 15. The van der Waals surface area contributed by atoms with E-state index in [2.05, 4.69) is 31.2 Å². The van der Waals surface area contributed by atoms with Crippen LogP contribution in [0.4, 0.5) is 0 Å². The van der Waals surface area contributed by atoms with Crippen molar-refractivity contribution in [2.75, 3.05) is 13.1 Å². The van der Waals surface area contributed by atoms with Gasteiger partial charge >= 0.3 is 5.97 Å². The van der Waals surface area contributed by atoms with Crippen molar-refractivity contribution in [1.82, 2.24) is 31.2 Å². The third kappa shape index (κ3) is 9.65. The second kappa shape index (κ2) is 14.4. The summed E-state index contributed by atoms with van der Waals surface area (Å²) in [5.74, 6) is -2.47. The third-order valence-electron chi connectivity index (χ3n) is 5.89. The van der Waals surface area contributed by atoms with Crippen molar-refractivity contribution in [3.63, 3.8) is 0 Å². The van der Waals surface area contributed by atoms with Gasteiger partial charge in [0.05, 0.1) is 12.4 Å². The van der Waals surface area contributed by atoms with E-state index in [0.29, 0.717) is 31.5 Å². The molecule has 1 aromatic heterocycles. The molecule has 12 heteroatoms. The predicted octanol–water partition coefficient (Wildman–Crippen LogP) is -0.582. The van der Waals surface area contributed by atoms with Crippen LogP contribution in [0, 0.1) is 5.92 Å². The lowest BCUT2D eigenvalue weighted by Crippen LogP contribution is -2.57. The molecule has 35 heavy (non-hydrogen) atoms. The zero-order valence-corrected chi connectivity index (χ0v) is 20.5. The number of carbonyl (C=O) groups excluding carboxylic acids is 3. The number of unbranched alkanes of at least 4 members (excludes halogenated alkanes) is 1. The normalized spacial score (nSPS) is 18.0. The Hall–Kier alpha value is -2.99. The van der Waals surface area contributed by atoms with E-state index in [0.717, 1.165) is 13.0 Å². The maximum Gasteiger partial charge on any atom is 0.326 e. The van der Waals surface area contributed by atoms with Crippen LogP contribution in [0.5, 0.6) is 0 Å². The van der Waals surface area contributed by atoms with E-state index in [1.165, 1.54) is 6.33 Å². The molecule has 0 aromatic carbocycles. The van der Waals surface area contributed by atoms with E-state index in [1.807, 2.05) is 13.8 Å². The number of nitrogens with two attached hydrogens (primary N) is 1. The molecule has 1 saturated heterocycles. The van der Waals surface area contributed by atoms with E-state index >= 15 is 0 Å². The fourth-order valence-electron chi connectivity index (χ4n) is 4.01. The Balaban J connectivity index is 2.14. The number of nitrogens with zero attached hydrogens (tertiary/aromatic N) is 1. The summed E-state index contributed by atoms with van der Waals surface area (Å²) in [5.41, 5.74) is 6.23. The Morgan fingerprint density at radius 3 is 2.40 bits per heavy atom. The molecule has 12 nitrogen and oxygen atoms in total. The average molecular weight is 494 g/mol. The molecule has 2 rings (SSSR count). The van der Waals surface area contributed by atoms with Crippen LogP contribution in [0.3, 0.4) is 0 Å². The highest BCUT2D eigenvalue weighted by atomic mass is 16.4. The van der Waals surface area contributed by atoms with Gasteiger partial charge in [-0.25, -0.2) is 9.78 Å². The molecule has 0 bridgehead atoms. The Bertz CT molecular complexity index is 824. The molecule has 1 aromatic rings. The first-order valence-corrected chi connectivity index (χ1v) is 12.3. The van der Waals surface area contributed by atoms with Crippen LogP contribution >= 0.6 is 0 Å². The lowest BCUT2D eigenvalue weighted by molar-refractivity contribution is -0.142. The molecule has 0 spiro atoms. The van der Waals surface area contributed by atoms with Gasteiger partial charge in [-0.2, -0.15) is 0 Å². The Kier molecular flexibility index (Phi) is 11.6. The second-order valence-electron chi connectivity index (χ2n) is 9.37. The topological polar surface area (TPSA) is 191 Å². The van der Waals surface area contributed by atoms with Gasteiger partial charge in [-0.05, 0) is 57.5 Å². The molecule has 3 amide bonds. The minimum atomic E-state index is -1.13. The van der Waals surface area contributed by atoms with E-state index in [9.17, 15) is 24.3 Å². The maximum absolute atomic E-state index is 13.3. The van der Waals surface area contributed by atoms with E-state index < -0.39 is 35.9 Å². The highest BCUT2D eigenvalue weighted by Gasteiger charge is 2.31. The smallest absolute Gasteiger partial charge is 0.326 e. The third-order valence-corrected chi connectivity index (χ3v) is 5.89. The summed E-state index contributed by atoms with van der Waals surface area (Å²) in [7, 11) is 0. The first-order chi connectivity index (χ1) is 16.7. The van der Waals surface area contributed by atoms with Gasteiger partial charge < -0.3 is 37.1 Å². The van der Waals surface area contributed by atoms with Gasteiger partial charge in [-0.1, -0.05) is 13.8 Å². The minimum Gasteiger partial charge on any atom is -0.480 e. The van der Waals surface area contributed by atoms with Crippen LogP contribution in [0.25, 0.3) is 0 Å². The molecule has 0 aliphatic carbocycles. The number of aromatic amines is 1. The quantitative estimate of drug-likeness (QED) is 0.158. The molecule has 0 saturated carbocycles. The largest absolute Gasteiger partial charge is 0.480 e. The Morgan fingerprint density at radius 2 is 1.83 bits per heavy atom. The van der Waals surface area contributed by atoms with Crippen LogP contribution in [0.15, 0.2) is 12.5 Å². The van der Waals surface area contributed by atoms with Crippen LogP contribution in [0.2, 0.25) is 0 Å². The molecule has 196 valence electrons. The van der Waals surface area contributed by atoms with Crippen LogP contribution in [0.1, 0.15) is 58.1 Å². The number of carboxylic acids is 1. The number of carboxylic acid groups (broad SMARTS) is 1. The molecule has 4 unspecified atom stereocenters. The van der Waals surface area contributed by atoms with Gasteiger partial charge in [0.15, 0.2) is 0 Å². The zero-order chi connectivity index (χ0) is 25.8. The predicted molar refractivity (Wildman–Crippen MR) is 129 cm³/mol. The lowest BCUT2D eigenvalue weighted by Gasteiger charge is -2.25. The Labute approximate surface area is 205 Å². The van der Waals surface area contributed by atoms with Crippen molar-refractivity contribution in [2.24, 2.45) is 11.7 Å². The summed E-state index contributed by atoms with van der Waals surface area (Å²) < 4.78 is 0. The number of nitrogens with one attached hydrogen (secondary N) is 5. The van der Waals surface area contributed by atoms with Crippen molar-refractivity contribution in [1.29, 1.82) is 0 Å². The monoisotopic (exact) mass is 493 g/mol. The number of aromatic nitrogens is 2. The van der Waals surface area contributed by atoms with Crippen LogP contribution in [-0.2, 0) is 25.6 Å². The van der Waals surface area contributed by atoms with Gasteiger partial charge in [-0.3, -0.25) is 14.4 Å². The number of carbonyl (C=O) groups is 4. The number of hydrogen-bond donors (Lipinski definition) is 7. The minimum absolute atomic E-state index is 0.0554. The van der Waals surface area contributed by atoms with Gasteiger partial charge in [0.2, 0.25) is 17.7 Å². The maximum atomic E-state index is 13.3. The fourth-order valence-corrected chi connectivity index (χ4v) is 4.01. The van der Waals surface area contributed by atoms with Gasteiger partial charge in [0, 0.05) is 18.3 Å². The summed E-state index contributed by atoms with van der Waals surface area (Å²) in [6.07, 6.45) is 6.53. The van der Waals surface area contributed by atoms with Crippen molar-refractivity contribution >= 4 is 23.7 Å². The highest BCUT2D eigenvalue weighted by molar-refractivity contribution is 5.94. The number of aliphatic carboxylic acids is 1. The van der Waals surface area contributed by atoms with Crippen molar-refractivity contribution in [3.8, 4) is 0 Å². The van der Waals surface area contributed by atoms with Crippen LogP contribution in [-0.4, -0.2) is 76.0 Å². The molecule has 2 heterocycles. The van der Waals surface area contributed by atoms with Gasteiger partial charge in [0.1, 0.15) is 18.1 Å². The molecule has 8 N–H and O–H groups in total. The molecular weight excluding hydrogens is 454 g/mol. The van der Waals surface area contributed by atoms with E-state index in [4.69, 9.17) is 5.73 Å². The van der Waals surface area contributed by atoms with Crippen LogP contribution < -0.4 is 27.0 Å². The summed E-state index contributed by atoms with van der Waals surface area (Å²) in [4.78, 5) is 57.5. The summed E-state index contributed by atoms with van der Waals surface area (Å²) in [6.45, 7) is 4.90. The van der Waals surface area contributed by atoms with E-state index in [1.54, 1.807) is 6.20 Å². The molecule has 1 aliphatic heterocycles. The Morgan fingerprint density at radius 1 is 1.11 bits per heavy atom. The molecule has 4 atom stereocenters. The molecule has 1 fully saturated rings. The number of amides is 3. The number of H-pyrrole nitrogens is 1. The van der Waals surface area contributed by atoms with Crippen molar-refractivity contribution < 1.29 is 24.3 Å². The molecule has 1 aliphatic rings. The fraction of sp³-hybridized carbons (Fsp3) is 0.696. The lowest BCUT2D eigenvalue weighted by atomic mass is 10.0. The first-order valence-electron chi connectivity index (χ1n) is 12.3. The van der Waals surface area contributed by atoms with Crippen molar-refractivity contribution in [3.05, 3.63) is 18.2 Å². The van der Waals surface area contributed by atoms with E-state index in [-0.39, 0.29) is 37.1 Å². The highest BCUT2D eigenvalue weighted by Crippen LogP contribution is 2.10. The van der Waals surface area contributed by atoms with Gasteiger partial charge in [0.25, 0.3) is 0 Å². The van der Waals surface area contributed by atoms with Crippen molar-refractivity contribution in [2.45, 2.75) is 83.0 Å². The summed E-state index contributed by atoms with van der Waals surface area (Å²) >= 11 is 0. The number of hydrogen-bond acceptors (Lipinski definition) is 7. The summed E-state index contributed by atoms with van der Waals surface area (Å²) in [6, 6.07) is -3.34. The zero-order valence-electron chi connectivity index (χ0n) is 20.5. The second-order valence-corrected chi connectivity index (χ2v) is 9.37. The standard InChI is InChI=1S/C23H39N7O5/c1-14(2)10-19(23(34)35)30-21(32)17(6-3-4-8-24)28-22(33)18(11-15-12-25-13-27-15)29-20(31)16-7-5-9-26-16/h12-14,16-19,26H,3-11,24H2,1-2H3,(H,25,27)(H,28,33)(H,29,31)(H,30,32)(H,34,35). The summed E-state index contributed by atoms with van der Waals surface area (Å²) in [5, 5.41) is 20.7. The molecular formula is C23H39N7O5. The first kappa shape index (κ1) is 28.2. The molecule has 0 radical (unpaired) electrons. The number of imidazole rings is 1. The SMILES string of the molecule is CC(C)CC(NC(=O)C(CCCCN)NC(=O)C(Cc1cnc[nH]1)NC(=O)C1CCCN1)C(=O)O.